The largest absolute Gasteiger partial charge is 0.486 e. The van der Waals surface area contributed by atoms with Gasteiger partial charge < -0.3 is 14.8 Å². The van der Waals surface area contributed by atoms with Crippen molar-refractivity contribution in [1.29, 1.82) is 5.26 Å². The quantitative estimate of drug-likeness (QED) is 0.669. The van der Waals surface area contributed by atoms with Crippen LogP contribution in [0, 0.1) is 18.3 Å². The van der Waals surface area contributed by atoms with Crippen molar-refractivity contribution in [2.45, 2.75) is 26.0 Å². The number of carbonyl (C=O) groups is 1. The SMILES string of the molecule is Cc1cc(OC2COC2)cc(C(=O)N[C@@H](C)c2ncnn2-c2ccc(C#N)cn2)c1. The monoisotopic (exact) mass is 404 g/mol. The highest BCUT2D eigenvalue weighted by molar-refractivity contribution is 5.95. The molecule has 0 spiro atoms. The van der Waals surface area contributed by atoms with Crippen LogP contribution in [0.25, 0.3) is 5.82 Å². The van der Waals surface area contributed by atoms with Crippen LogP contribution in [0.1, 0.15) is 40.3 Å². The van der Waals surface area contributed by atoms with E-state index in [1.165, 1.54) is 17.2 Å². The van der Waals surface area contributed by atoms with Crippen LogP contribution >= 0.6 is 0 Å². The molecule has 0 unspecified atom stereocenters. The summed E-state index contributed by atoms with van der Waals surface area (Å²) < 4.78 is 12.5. The first kappa shape index (κ1) is 19.5. The minimum Gasteiger partial charge on any atom is -0.486 e. The van der Waals surface area contributed by atoms with E-state index >= 15 is 0 Å². The summed E-state index contributed by atoms with van der Waals surface area (Å²) in [7, 11) is 0. The van der Waals surface area contributed by atoms with Crippen molar-refractivity contribution < 1.29 is 14.3 Å². The number of ether oxygens (including phenoxy) is 2. The van der Waals surface area contributed by atoms with Crippen molar-refractivity contribution in [1.82, 2.24) is 25.1 Å². The second-order valence-corrected chi connectivity index (χ2v) is 7.05. The molecule has 0 radical (unpaired) electrons. The van der Waals surface area contributed by atoms with Crippen molar-refractivity contribution in [2.24, 2.45) is 0 Å². The Morgan fingerprint density at radius 2 is 2.17 bits per heavy atom. The van der Waals surface area contributed by atoms with Crippen LogP contribution in [0.4, 0.5) is 0 Å². The number of amides is 1. The van der Waals surface area contributed by atoms with Gasteiger partial charge in [0.1, 0.15) is 24.3 Å². The van der Waals surface area contributed by atoms with E-state index in [0.717, 1.165) is 5.56 Å². The predicted octanol–water partition coefficient (Wildman–Crippen LogP) is 2.11. The lowest BCUT2D eigenvalue weighted by molar-refractivity contribution is -0.0797. The van der Waals surface area contributed by atoms with Crippen LogP contribution in [-0.4, -0.2) is 45.0 Å². The molecule has 3 aromatic rings. The lowest BCUT2D eigenvalue weighted by atomic mass is 10.1. The number of carbonyl (C=O) groups excluding carboxylic acids is 1. The molecule has 1 N–H and O–H groups in total. The van der Waals surface area contributed by atoms with Gasteiger partial charge in [-0.05, 0) is 49.7 Å². The Kier molecular flexibility index (Phi) is 5.41. The summed E-state index contributed by atoms with van der Waals surface area (Å²) in [6, 6.07) is 10.4. The number of aryl methyl sites for hydroxylation is 1. The predicted molar refractivity (Wildman–Crippen MR) is 106 cm³/mol. The van der Waals surface area contributed by atoms with Gasteiger partial charge in [-0.2, -0.15) is 15.0 Å². The van der Waals surface area contributed by atoms with Gasteiger partial charge in [0, 0.05) is 11.8 Å². The van der Waals surface area contributed by atoms with Crippen molar-refractivity contribution in [3.8, 4) is 17.6 Å². The molecule has 1 aliphatic rings. The first-order chi connectivity index (χ1) is 14.5. The normalized spacial score (nSPS) is 14.4. The highest BCUT2D eigenvalue weighted by Crippen LogP contribution is 2.21. The Balaban J connectivity index is 1.50. The molecular weight excluding hydrogens is 384 g/mol. The molecular formula is C21H20N6O3. The van der Waals surface area contributed by atoms with E-state index in [2.05, 4.69) is 20.4 Å². The van der Waals surface area contributed by atoms with Crippen molar-refractivity contribution >= 4 is 5.91 Å². The molecule has 4 rings (SSSR count). The molecule has 1 fully saturated rings. The third kappa shape index (κ3) is 4.14. The summed E-state index contributed by atoms with van der Waals surface area (Å²) >= 11 is 0. The number of aromatic nitrogens is 4. The molecule has 152 valence electrons. The maximum Gasteiger partial charge on any atom is 0.252 e. The number of benzene rings is 1. The highest BCUT2D eigenvalue weighted by Gasteiger charge is 2.22. The molecule has 30 heavy (non-hydrogen) atoms. The zero-order chi connectivity index (χ0) is 21.1. The Morgan fingerprint density at radius 3 is 2.83 bits per heavy atom. The zero-order valence-corrected chi connectivity index (χ0v) is 16.6. The molecule has 1 aliphatic heterocycles. The van der Waals surface area contributed by atoms with Crippen LogP contribution in [0.3, 0.4) is 0 Å². The summed E-state index contributed by atoms with van der Waals surface area (Å²) in [5.74, 6) is 1.43. The summed E-state index contributed by atoms with van der Waals surface area (Å²) in [5, 5.41) is 16.1. The van der Waals surface area contributed by atoms with Gasteiger partial charge in [-0.25, -0.2) is 9.97 Å². The summed E-state index contributed by atoms with van der Waals surface area (Å²) in [6.45, 7) is 4.86. The van der Waals surface area contributed by atoms with Gasteiger partial charge >= 0.3 is 0 Å². The topological polar surface area (TPSA) is 115 Å². The minimum absolute atomic E-state index is 0.0279. The molecule has 0 saturated carbocycles. The molecule has 9 nitrogen and oxygen atoms in total. The smallest absolute Gasteiger partial charge is 0.252 e. The number of rotatable bonds is 6. The summed E-state index contributed by atoms with van der Waals surface area (Å²) in [5.41, 5.74) is 1.88. The molecule has 3 heterocycles. The highest BCUT2D eigenvalue weighted by atomic mass is 16.6. The maximum absolute atomic E-state index is 12.9. The van der Waals surface area contributed by atoms with Gasteiger partial charge in [-0.15, -0.1) is 0 Å². The fourth-order valence-electron chi connectivity index (χ4n) is 3.07. The van der Waals surface area contributed by atoms with E-state index in [0.29, 0.717) is 41.7 Å². The molecule has 9 heteroatoms. The first-order valence-electron chi connectivity index (χ1n) is 9.47. The average Bonchev–Trinajstić information content (AvgIpc) is 3.20. The maximum atomic E-state index is 12.9. The second-order valence-electron chi connectivity index (χ2n) is 7.05. The number of hydrogen-bond acceptors (Lipinski definition) is 7. The van der Waals surface area contributed by atoms with E-state index in [1.807, 2.05) is 26.0 Å². The molecule has 0 bridgehead atoms. The Hall–Kier alpha value is -3.77. The zero-order valence-electron chi connectivity index (χ0n) is 16.6. The number of pyridine rings is 1. The van der Waals surface area contributed by atoms with E-state index < -0.39 is 6.04 Å². The van der Waals surface area contributed by atoms with E-state index in [1.54, 1.807) is 24.3 Å². The van der Waals surface area contributed by atoms with E-state index in [-0.39, 0.29) is 12.0 Å². The van der Waals surface area contributed by atoms with Crippen LogP contribution < -0.4 is 10.1 Å². The number of nitrogens with one attached hydrogen (secondary N) is 1. The van der Waals surface area contributed by atoms with Crippen LogP contribution in [0.5, 0.6) is 5.75 Å². The van der Waals surface area contributed by atoms with Gasteiger partial charge in [0.25, 0.3) is 5.91 Å². The van der Waals surface area contributed by atoms with Crippen molar-refractivity contribution in [2.75, 3.05) is 13.2 Å². The lowest BCUT2D eigenvalue weighted by Crippen LogP contribution is -2.38. The Labute approximate surface area is 173 Å². The van der Waals surface area contributed by atoms with Crippen LogP contribution in [0.2, 0.25) is 0 Å². The third-order valence-electron chi connectivity index (χ3n) is 4.63. The van der Waals surface area contributed by atoms with E-state index in [9.17, 15) is 4.79 Å². The second kappa shape index (κ2) is 8.31. The summed E-state index contributed by atoms with van der Waals surface area (Å²) in [6.07, 6.45) is 2.89. The molecule has 1 amide bonds. The van der Waals surface area contributed by atoms with Gasteiger partial charge in [0.05, 0.1) is 24.8 Å². The molecule has 2 aromatic heterocycles. The van der Waals surface area contributed by atoms with Gasteiger partial charge in [-0.3, -0.25) is 4.79 Å². The standard InChI is InChI=1S/C21H20N6O3/c1-13-5-16(7-17(6-13)30-18-10-29-11-18)21(28)26-14(2)20-24-12-25-27(20)19-4-3-15(8-22)9-23-19/h3-7,9,12,14,18H,10-11H2,1-2H3,(H,26,28)/t14-/m0/s1. The number of nitriles is 1. The lowest BCUT2D eigenvalue weighted by Gasteiger charge is -2.27. The van der Waals surface area contributed by atoms with Gasteiger partial charge in [0.2, 0.25) is 0 Å². The number of hydrogen-bond donors (Lipinski definition) is 1. The molecule has 0 aliphatic carbocycles. The molecule has 1 atom stereocenters. The fourth-order valence-corrected chi connectivity index (χ4v) is 3.07. The Bertz CT molecular complexity index is 1100. The van der Waals surface area contributed by atoms with Gasteiger partial charge in [-0.1, -0.05) is 0 Å². The van der Waals surface area contributed by atoms with Crippen LogP contribution in [0.15, 0.2) is 42.9 Å². The van der Waals surface area contributed by atoms with E-state index in [4.69, 9.17) is 14.7 Å². The fraction of sp³-hybridized carbons (Fsp3) is 0.286. The average molecular weight is 404 g/mol. The summed E-state index contributed by atoms with van der Waals surface area (Å²) in [4.78, 5) is 21.4. The van der Waals surface area contributed by atoms with Crippen molar-refractivity contribution in [3.05, 3.63) is 65.4 Å². The molecule has 1 saturated heterocycles. The van der Waals surface area contributed by atoms with Gasteiger partial charge in [0.15, 0.2) is 11.6 Å². The first-order valence-corrected chi connectivity index (χ1v) is 9.47. The number of nitrogens with zero attached hydrogens (tertiary/aromatic N) is 5. The third-order valence-corrected chi connectivity index (χ3v) is 4.63. The van der Waals surface area contributed by atoms with Crippen molar-refractivity contribution in [3.63, 3.8) is 0 Å². The Morgan fingerprint density at radius 1 is 1.33 bits per heavy atom. The molecule has 1 aromatic carbocycles. The minimum atomic E-state index is -0.428. The van der Waals surface area contributed by atoms with Crippen LogP contribution in [-0.2, 0) is 4.74 Å².